The Kier molecular flexibility index (Phi) is 1.80. The number of hydrogen-bond donors (Lipinski definition) is 0. The topological polar surface area (TPSA) is 38.8 Å². The highest BCUT2D eigenvalue weighted by Gasteiger charge is 2.36. The van der Waals surface area contributed by atoms with Gasteiger partial charge in [-0.3, -0.25) is 4.90 Å². The summed E-state index contributed by atoms with van der Waals surface area (Å²) in [5.74, 6) is 0. The van der Waals surface area contributed by atoms with Gasteiger partial charge < -0.3 is 9.47 Å². The third-order valence-electron chi connectivity index (χ3n) is 1.60. The minimum Gasteiger partial charge on any atom is -0.442 e. The van der Waals surface area contributed by atoms with Gasteiger partial charge in [0.2, 0.25) is 0 Å². The lowest BCUT2D eigenvalue weighted by Gasteiger charge is -2.16. The van der Waals surface area contributed by atoms with Gasteiger partial charge in [0.05, 0.1) is 0 Å². The number of methoxy groups -OCH3 is 1. The van der Waals surface area contributed by atoms with Crippen LogP contribution in [0.5, 0.6) is 0 Å². The van der Waals surface area contributed by atoms with Crippen molar-refractivity contribution >= 4 is 6.09 Å². The highest BCUT2D eigenvalue weighted by Crippen LogP contribution is 2.16. The van der Waals surface area contributed by atoms with Crippen LogP contribution >= 0.6 is 0 Å². The number of likely N-dealkylation sites (N-methyl/N-ethyl adjacent to an activating group) is 1. The van der Waals surface area contributed by atoms with E-state index in [0.717, 1.165) is 0 Å². The van der Waals surface area contributed by atoms with Crippen LogP contribution < -0.4 is 0 Å². The molecule has 1 heterocycles. The molecule has 1 rings (SSSR count). The van der Waals surface area contributed by atoms with Crippen LogP contribution in [0, 0.1) is 0 Å². The number of carbonyl (C=O) groups excluding carboxylic acids is 1. The highest BCUT2D eigenvalue weighted by atomic mass is 16.6. The SMILES string of the molecule is CO[C@H]1[C@@H](C)OC(=O)N1C. The van der Waals surface area contributed by atoms with Gasteiger partial charge in [-0.1, -0.05) is 0 Å². The molecule has 0 radical (unpaired) electrons. The predicted molar refractivity (Wildman–Crippen MR) is 34.5 cm³/mol. The summed E-state index contributed by atoms with van der Waals surface area (Å²) in [5.41, 5.74) is 0. The Labute approximate surface area is 59.7 Å². The number of ether oxygens (including phenoxy) is 2. The molecule has 0 aromatic carbocycles. The lowest BCUT2D eigenvalue weighted by molar-refractivity contribution is -0.00821. The van der Waals surface area contributed by atoms with E-state index in [9.17, 15) is 4.79 Å². The average Bonchev–Trinajstić information content (AvgIpc) is 2.09. The first kappa shape index (κ1) is 7.34. The lowest BCUT2D eigenvalue weighted by atomic mass is 10.3. The third-order valence-corrected chi connectivity index (χ3v) is 1.60. The maximum Gasteiger partial charge on any atom is 0.412 e. The summed E-state index contributed by atoms with van der Waals surface area (Å²) in [5, 5.41) is 0. The first-order valence-corrected chi connectivity index (χ1v) is 3.13. The summed E-state index contributed by atoms with van der Waals surface area (Å²) in [4.78, 5) is 12.2. The van der Waals surface area contributed by atoms with Crippen LogP contribution in [0.3, 0.4) is 0 Å². The molecule has 0 aliphatic carbocycles. The largest absolute Gasteiger partial charge is 0.442 e. The van der Waals surface area contributed by atoms with Crippen molar-refractivity contribution in [1.29, 1.82) is 0 Å². The molecule has 10 heavy (non-hydrogen) atoms. The van der Waals surface area contributed by atoms with Crippen LogP contribution in [0.25, 0.3) is 0 Å². The van der Waals surface area contributed by atoms with Crippen LogP contribution in [0.2, 0.25) is 0 Å². The van der Waals surface area contributed by atoms with Gasteiger partial charge in [-0.05, 0) is 6.92 Å². The van der Waals surface area contributed by atoms with Gasteiger partial charge in [0.25, 0.3) is 0 Å². The number of nitrogens with zero attached hydrogens (tertiary/aromatic N) is 1. The van der Waals surface area contributed by atoms with Gasteiger partial charge in [0.15, 0.2) is 6.23 Å². The summed E-state index contributed by atoms with van der Waals surface area (Å²) in [6.45, 7) is 1.80. The van der Waals surface area contributed by atoms with Crippen LogP contribution in [0.4, 0.5) is 4.79 Å². The highest BCUT2D eigenvalue weighted by molar-refractivity contribution is 5.69. The standard InChI is InChI=1S/C6H11NO3/c1-4-5(9-3)7(2)6(8)10-4/h4-5H,1-3H3/t4-,5+/m1/s1. The maximum absolute atomic E-state index is 10.8. The molecule has 0 aromatic heterocycles. The second-order valence-corrected chi connectivity index (χ2v) is 2.33. The van der Waals surface area contributed by atoms with Gasteiger partial charge in [-0.25, -0.2) is 4.79 Å². The van der Waals surface area contributed by atoms with Crippen LogP contribution in [-0.4, -0.2) is 37.5 Å². The Balaban J connectivity index is 2.64. The lowest BCUT2D eigenvalue weighted by Crippen LogP contribution is -2.33. The van der Waals surface area contributed by atoms with Gasteiger partial charge >= 0.3 is 6.09 Å². The van der Waals surface area contributed by atoms with Gasteiger partial charge in [0, 0.05) is 14.2 Å². The number of cyclic esters (lactones) is 1. The summed E-state index contributed by atoms with van der Waals surface area (Å²) < 4.78 is 9.83. The van der Waals surface area contributed by atoms with E-state index in [1.807, 2.05) is 0 Å². The molecule has 0 N–H and O–H groups in total. The van der Waals surface area contributed by atoms with Gasteiger partial charge in [0.1, 0.15) is 6.10 Å². The Hall–Kier alpha value is -0.770. The number of amides is 1. The van der Waals surface area contributed by atoms with Gasteiger partial charge in [-0.15, -0.1) is 0 Å². The fourth-order valence-corrected chi connectivity index (χ4v) is 1.07. The predicted octanol–water partition coefficient (Wildman–Crippen LogP) is 0.429. The molecule has 2 atom stereocenters. The monoisotopic (exact) mass is 145 g/mol. The molecule has 0 aromatic rings. The van der Waals surface area contributed by atoms with Gasteiger partial charge in [-0.2, -0.15) is 0 Å². The van der Waals surface area contributed by atoms with E-state index in [1.165, 1.54) is 4.90 Å². The summed E-state index contributed by atoms with van der Waals surface area (Å²) in [7, 11) is 3.21. The van der Waals surface area contributed by atoms with Crippen LogP contribution in [0.1, 0.15) is 6.92 Å². The summed E-state index contributed by atoms with van der Waals surface area (Å²) in [6, 6.07) is 0. The van der Waals surface area contributed by atoms with E-state index in [2.05, 4.69) is 0 Å². The maximum atomic E-state index is 10.8. The van der Waals surface area contributed by atoms with Crippen molar-refractivity contribution in [3.05, 3.63) is 0 Å². The Morgan fingerprint density at radius 1 is 1.70 bits per heavy atom. The van der Waals surface area contributed by atoms with Crippen molar-refractivity contribution in [3.63, 3.8) is 0 Å². The van der Waals surface area contributed by atoms with Crippen molar-refractivity contribution in [2.75, 3.05) is 14.2 Å². The van der Waals surface area contributed by atoms with Crippen molar-refractivity contribution in [2.24, 2.45) is 0 Å². The second-order valence-electron chi connectivity index (χ2n) is 2.33. The van der Waals surface area contributed by atoms with Crippen molar-refractivity contribution in [2.45, 2.75) is 19.3 Å². The minimum absolute atomic E-state index is 0.164. The molecule has 1 aliphatic rings. The zero-order valence-electron chi connectivity index (χ0n) is 6.33. The second kappa shape index (κ2) is 2.46. The Morgan fingerprint density at radius 2 is 2.30 bits per heavy atom. The number of rotatable bonds is 1. The molecule has 4 heteroatoms. The first-order valence-electron chi connectivity index (χ1n) is 3.13. The third kappa shape index (κ3) is 0.945. The summed E-state index contributed by atoms with van der Waals surface area (Å²) in [6.07, 6.45) is -0.714. The fourth-order valence-electron chi connectivity index (χ4n) is 1.07. The first-order chi connectivity index (χ1) is 4.66. The van der Waals surface area contributed by atoms with E-state index in [-0.39, 0.29) is 18.4 Å². The molecule has 1 fully saturated rings. The number of hydrogen-bond acceptors (Lipinski definition) is 3. The summed E-state index contributed by atoms with van der Waals surface area (Å²) >= 11 is 0. The smallest absolute Gasteiger partial charge is 0.412 e. The zero-order chi connectivity index (χ0) is 7.72. The van der Waals surface area contributed by atoms with Crippen molar-refractivity contribution in [1.82, 2.24) is 4.90 Å². The molecular weight excluding hydrogens is 134 g/mol. The average molecular weight is 145 g/mol. The van der Waals surface area contributed by atoms with Crippen LogP contribution in [-0.2, 0) is 9.47 Å². The van der Waals surface area contributed by atoms with E-state index in [1.54, 1.807) is 21.1 Å². The molecule has 1 amide bonds. The molecule has 4 nitrogen and oxygen atoms in total. The molecule has 0 bridgehead atoms. The van der Waals surface area contributed by atoms with E-state index >= 15 is 0 Å². The number of carbonyl (C=O) groups is 1. The van der Waals surface area contributed by atoms with Crippen molar-refractivity contribution < 1.29 is 14.3 Å². The molecule has 1 aliphatic heterocycles. The minimum atomic E-state index is -0.320. The van der Waals surface area contributed by atoms with E-state index < -0.39 is 0 Å². The fraction of sp³-hybridized carbons (Fsp3) is 0.833. The molecule has 0 spiro atoms. The molecule has 0 unspecified atom stereocenters. The van der Waals surface area contributed by atoms with Crippen molar-refractivity contribution in [3.8, 4) is 0 Å². The molecule has 1 saturated heterocycles. The van der Waals surface area contributed by atoms with E-state index in [0.29, 0.717) is 0 Å². The van der Waals surface area contributed by atoms with E-state index in [4.69, 9.17) is 9.47 Å². The zero-order valence-corrected chi connectivity index (χ0v) is 6.33. The molecular formula is C6H11NO3. The Morgan fingerprint density at radius 3 is 2.50 bits per heavy atom. The quantitative estimate of drug-likeness (QED) is 0.537. The Bertz CT molecular complexity index is 148. The van der Waals surface area contributed by atoms with Crippen LogP contribution in [0.15, 0.2) is 0 Å². The molecule has 0 saturated carbocycles. The normalized spacial score (nSPS) is 32.7. The molecule has 58 valence electrons.